The molecule has 156 valence electrons. The van der Waals surface area contributed by atoms with E-state index in [1.807, 2.05) is 0 Å². The van der Waals surface area contributed by atoms with Gasteiger partial charge in [0.25, 0.3) is 5.03 Å². The number of hydrogen-bond acceptors (Lipinski definition) is 7. The lowest BCUT2D eigenvalue weighted by molar-refractivity contribution is -0.705. The summed E-state index contributed by atoms with van der Waals surface area (Å²) in [6.07, 6.45) is 0.106. The Labute approximate surface area is 176 Å². The van der Waals surface area contributed by atoms with Gasteiger partial charge < -0.3 is 24.8 Å². The van der Waals surface area contributed by atoms with Crippen molar-refractivity contribution in [2.45, 2.75) is 18.4 Å². The van der Waals surface area contributed by atoms with E-state index in [1.54, 1.807) is 44.4 Å². The summed E-state index contributed by atoms with van der Waals surface area (Å²) in [6, 6.07) is 11.4. The molecule has 0 bridgehead atoms. The Kier molecular flexibility index (Phi) is 6.58. The molecule has 30 heavy (non-hydrogen) atoms. The van der Waals surface area contributed by atoms with Gasteiger partial charge in [-0.05, 0) is 41.4 Å². The van der Waals surface area contributed by atoms with E-state index >= 15 is 0 Å². The molecule has 2 aromatic carbocycles. The number of thioether (sulfide) groups is 1. The standard InChI is InChI=1S/C20H19N3O6S/c1-12-3-4-13(19(25)26)11-16(12)21-17(24)9-10-30-18-20(27)29-22-23(18)14-5-7-15(28-2)8-6-14/h3-8,11H,9-10H2,1-2H3,(H2-,21,22,24,25,26,27). The second-order valence-corrected chi connectivity index (χ2v) is 7.34. The number of carboxylic acid groups (broad SMARTS) is 1. The molecule has 0 aliphatic carbocycles. The maximum atomic E-state index is 12.3. The lowest BCUT2D eigenvalue weighted by Gasteiger charge is -2.09. The summed E-state index contributed by atoms with van der Waals surface area (Å²) in [4.78, 5) is 23.4. The molecule has 0 radical (unpaired) electrons. The third kappa shape index (κ3) is 4.90. The summed E-state index contributed by atoms with van der Waals surface area (Å²) in [6.45, 7) is 1.77. The molecule has 1 heterocycles. The number of aromatic nitrogens is 2. The van der Waals surface area contributed by atoms with Gasteiger partial charge in [0.1, 0.15) is 5.75 Å². The van der Waals surface area contributed by atoms with Gasteiger partial charge in [-0.2, -0.15) is 0 Å². The van der Waals surface area contributed by atoms with Crippen molar-refractivity contribution in [3.8, 4) is 17.4 Å². The molecular weight excluding hydrogens is 410 g/mol. The molecule has 3 rings (SSSR count). The normalized spacial score (nSPS) is 10.6. The fourth-order valence-corrected chi connectivity index (χ4v) is 3.49. The molecule has 0 atom stereocenters. The average molecular weight is 429 g/mol. The van der Waals surface area contributed by atoms with Crippen molar-refractivity contribution in [3.63, 3.8) is 0 Å². The lowest BCUT2D eigenvalue weighted by atomic mass is 10.1. The maximum absolute atomic E-state index is 12.3. The van der Waals surface area contributed by atoms with Crippen LogP contribution in [-0.2, 0) is 4.79 Å². The van der Waals surface area contributed by atoms with Crippen molar-refractivity contribution in [3.05, 3.63) is 53.6 Å². The fourth-order valence-electron chi connectivity index (χ4n) is 2.59. The van der Waals surface area contributed by atoms with E-state index in [9.17, 15) is 14.7 Å². The number of nitrogens with one attached hydrogen (secondary N) is 1. The van der Waals surface area contributed by atoms with Gasteiger partial charge in [-0.15, -0.1) is 0 Å². The Morgan fingerprint density at radius 2 is 2.00 bits per heavy atom. The molecule has 0 saturated carbocycles. The highest BCUT2D eigenvalue weighted by molar-refractivity contribution is 7.99. The minimum atomic E-state index is -1.07. The molecule has 0 aliphatic rings. The molecule has 0 spiro atoms. The Morgan fingerprint density at radius 3 is 2.67 bits per heavy atom. The average Bonchev–Trinajstić information content (AvgIpc) is 3.10. The number of hydrogen-bond donors (Lipinski definition) is 2. The van der Waals surface area contributed by atoms with Gasteiger partial charge in [-0.1, -0.05) is 17.8 Å². The van der Waals surface area contributed by atoms with Crippen LogP contribution in [0.3, 0.4) is 0 Å². The fraction of sp³-hybridized carbons (Fsp3) is 0.200. The molecule has 0 aliphatic heterocycles. The first kappa shape index (κ1) is 21.2. The van der Waals surface area contributed by atoms with Crippen LogP contribution in [0.4, 0.5) is 5.69 Å². The predicted molar refractivity (Wildman–Crippen MR) is 106 cm³/mol. The van der Waals surface area contributed by atoms with Crippen LogP contribution in [-0.4, -0.2) is 35.1 Å². The zero-order chi connectivity index (χ0) is 21.7. The summed E-state index contributed by atoms with van der Waals surface area (Å²) in [5.41, 5.74) is 1.90. The number of nitrogens with zero attached hydrogens (tertiary/aromatic N) is 2. The summed E-state index contributed by atoms with van der Waals surface area (Å²) >= 11 is 1.14. The van der Waals surface area contributed by atoms with Crippen molar-refractivity contribution in [2.24, 2.45) is 0 Å². The molecule has 1 amide bonds. The van der Waals surface area contributed by atoms with Gasteiger partial charge in [0.2, 0.25) is 11.6 Å². The van der Waals surface area contributed by atoms with E-state index in [1.165, 1.54) is 16.8 Å². The highest BCUT2D eigenvalue weighted by Crippen LogP contribution is 2.25. The second-order valence-electron chi connectivity index (χ2n) is 6.26. The molecule has 0 saturated heterocycles. The number of ether oxygens (including phenoxy) is 1. The van der Waals surface area contributed by atoms with Crippen LogP contribution in [0.15, 0.2) is 52.0 Å². The Bertz CT molecular complexity index is 1060. The number of amides is 1. The Balaban J connectivity index is 1.63. The third-order valence-electron chi connectivity index (χ3n) is 4.22. The van der Waals surface area contributed by atoms with Gasteiger partial charge in [-0.3, -0.25) is 4.79 Å². The minimum Gasteiger partial charge on any atom is -0.538 e. The van der Waals surface area contributed by atoms with E-state index in [2.05, 4.69) is 10.6 Å². The molecule has 3 aromatic rings. The van der Waals surface area contributed by atoms with E-state index in [-0.39, 0.29) is 22.9 Å². The van der Waals surface area contributed by atoms with Gasteiger partial charge >= 0.3 is 5.97 Å². The molecule has 0 fully saturated rings. The maximum Gasteiger partial charge on any atom is 0.335 e. The molecule has 2 N–H and O–H groups in total. The van der Waals surface area contributed by atoms with E-state index in [0.717, 1.165) is 17.3 Å². The quantitative estimate of drug-likeness (QED) is 0.412. The number of methoxy groups -OCH3 is 1. The first-order valence-electron chi connectivity index (χ1n) is 8.89. The topological polar surface area (TPSA) is 129 Å². The molecule has 0 unspecified atom stereocenters. The van der Waals surface area contributed by atoms with Gasteiger partial charge in [0.15, 0.2) is 5.95 Å². The van der Waals surface area contributed by atoms with Crippen molar-refractivity contribution >= 4 is 29.3 Å². The highest BCUT2D eigenvalue weighted by atomic mass is 32.2. The van der Waals surface area contributed by atoms with Gasteiger partial charge in [0.05, 0.1) is 17.9 Å². The number of carboxylic acids is 1. The number of benzene rings is 2. The largest absolute Gasteiger partial charge is 0.538 e. The van der Waals surface area contributed by atoms with Gasteiger partial charge in [0, 0.05) is 30.0 Å². The smallest absolute Gasteiger partial charge is 0.335 e. The van der Waals surface area contributed by atoms with Crippen LogP contribution in [0.1, 0.15) is 22.3 Å². The zero-order valence-electron chi connectivity index (χ0n) is 16.2. The van der Waals surface area contributed by atoms with Crippen molar-refractivity contribution in [2.75, 3.05) is 18.2 Å². The SMILES string of the molecule is COc1ccc(-[n+]2noc([O-])c2SCCC(=O)Nc2cc(C(=O)O)ccc2C)cc1. The summed E-state index contributed by atoms with van der Waals surface area (Å²) < 4.78 is 11.2. The lowest BCUT2D eigenvalue weighted by Crippen LogP contribution is -2.34. The number of aryl methyl sites for hydroxylation is 1. The summed E-state index contributed by atoms with van der Waals surface area (Å²) in [5.74, 6) is -0.997. The zero-order valence-corrected chi connectivity index (χ0v) is 17.1. The highest BCUT2D eigenvalue weighted by Gasteiger charge is 2.21. The summed E-state index contributed by atoms with van der Waals surface area (Å²) in [7, 11) is 1.56. The van der Waals surface area contributed by atoms with E-state index < -0.39 is 11.9 Å². The van der Waals surface area contributed by atoms with Gasteiger partial charge in [-0.25, -0.2) is 4.79 Å². The third-order valence-corrected chi connectivity index (χ3v) is 5.24. The van der Waals surface area contributed by atoms with Crippen LogP contribution in [0.25, 0.3) is 5.69 Å². The number of aromatic carboxylic acids is 1. The predicted octanol–water partition coefficient (Wildman–Crippen LogP) is 2.16. The molecule has 10 heteroatoms. The van der Waals surface area contributed by atoms with E-state index in [4.69, 9.17) is 14.4 Å². The molecule has 9 nitrogen and oxygen atoms in total. The number of anilines is 1. The Hall–Kier alpha value is -3.53. The number of rotatable bonds is 8. The summed E-state index contributed by atoms with van der Waals surface area (Å²) in [5, 5.41) is 27.8. The molecular formula is C20H19N3O6S. The van der Waals surface area contributed by atoms with Crippen LogP contribution in [0, 0.1) is 6.92 Å². The van der Waals surface area contributed by atoms with Crippen LogP contribution in [0.2, 0.25) is 0 Å². The second kappa shape index (κ2) is 9.31. The van der Waals surface area contributed by atoms with Crippen molar-refractivity contribution in [1.82, 2.24) is 5.27 Å². The van der Waals surface area contributed by atoms with Crippen molar-refractivity contribution in [1.29, 1.82) is 0 Å². The van der Waals surface area contributed by atoms with Crippen LogP contribution in [0.5, 0.6) is 11.7 Å². The van der Waals surface area contributed by atoms with Crippen molar-refractivity contribution < 1.29 is 33.7 Å². The monoisotopic (exact) mass is 429 g/mol. The first-order valence-corrected chi connectivity index (χ1v) is 9.87. The first-order chi connectivity index (χ1) is 14.4. The Morgan fingerprint density at radius 1 is 1.27 bits per heavy atom. The number of carbonyl (C=O) groups excluding carboxylic acids is 1. The number of carbonyl (C=O) groups is 2. The van der Waals surface area contributed by atoms with Crippen LogP contribution >= 0.6 is 11.8 Å². The van der Waals surface area contributed by atoms with E-state index in [0.29, 0.717) is 22.9 Å². The minimum absolute atomic E-state index is 0.0891. The van der Waals surface area contributed by atoms with Crippen LogP contribution < -0.4 is 19.8 Å². The molecule has 1 aromatic heterocycles.